The number of halogens is 1. The molecule has 0 radical (unpaired) electrons. The fourth-order valence-electron chi connectivity index (χ4n) is 2.01. The van der Waals surface area contributed by atoms with Crippen molar-refractivity contribution in [3.05, 3.63) is 59.4 Å². The molecule has 0 spiro atoms. The van der Waals surface area contributed by atoms with Crippen LogP contribution in [0.5, 0.6) is 5.75 Å². The molecule has 0 aliphatic rings. The summed E-state index contributed by atoms with van der Waals surface area (Å²) >= 11 is 7.46. The molecule has 0 atom stereocenters. The molecule has 1 N–H and O–H groups in total. The number of hydrogen-bond acceptors (Lipinski definition) is 6. The fraction of sp³-hybridized carbons (Fsp3) is 0.118. The number of benzene rings is 2. The highest BCUT2D eigenvalue weighted by molar-refractivity contribution is 7.99. The quantitative estimate of drug-likeness (QED) is 0.711. The molecule has 2 aromatic carbocycles. The Balaban J connectivity index is 1.84. The first-order valence-electron chi connectivity index (χ1n) is 7.20. The van der Waals surface area contributed by atoms with Gasteiger partial charge in [-0.05, 0) is 54.6 Å². The van der Waals surface area contributed by atoms with Gasteiger partial charge in [-0.3, -0.25) is 0 Å². The van der Waals surface area contributed by atoms with Crippen LogP contribution in [-0.2, 0) is 0 Å². The van der Waals surface area contributed by atoms with Gasteiger partial charge >= 0.3 is 0 Å². The van der Waals surface area contributed by atoms with E-state index in [0.717, 1.165) is 10.6 Å². The maximum absolute atomic E-state index is 6.03. The zero-order valence-electron chi connectivity index (χ0n) is 13.2. The van der Waals surface area contributed by atoms with Crippen molar-refractivity contribution in [3.63, 3.8) is 0 Å². The maximum atomic E-state index is 6.03. The molecule has 0 aliphatic carbocycles. The van der Waals surface area contributed by atoms with Crippen LogP contribution in [0.4, 0.5) is 11.6 Å². The van der Waals surface area contributed by atoms with Crippen LogP contribution in [-0.4, -0.2) is 22.1 Å². The number of aryl methyl sites for hydroxylation is 1. The summed E-state index contributed by atoms with van der Waals surface area (Å²) in [5.74, 6) is 1.07. The first-order chi connectivity index (χ1) is 11.6. The van der Waals surface area contributed by atoms with E-state index in [2.05, 4.69) is 20.3 Å². The van der Waals surface area contributed by atoms with Crippen molar-refractivity contribution in [2.24, 2.45) is 0 Å². The second-order valence-electron chi connectivity index (χ2n) is 4.95. The molecule has 1 aromatic heterocycles. The Bertz CT molecular complexity index is 842. The Kier molecular flexibility index (Phi) is 5.17. The van der Waals surface area contributed by atoms with Gasteiger partial charge in [-0.1, -0.05) is 29.8 Å². The largest absolute Gasteiger partial charge is 0.495 e. The lowest BCUT2D eigenvalue weighted by atomic mass is 10.2. The number of para-hydroxylation sites is 2. The number of ether oxygens (including phenoxy) is 1. The third-order valence-corrected chi connectivity index (χ3v) is 4.21. The van der Waals surface area contributed by atoms with Gasteiger partial charge in [0.2, 0.25) is 11.2 Å². The van der Waals surface area contributed by atoms with Gasteiger partial charge in [0.15, 0.2) is 5.16 Å². The van der Waals surface area contributed by atoms with Crippen molar-refractivity contribution in [2.45, 2.75) is 17.0 Å². The highest BCUT2D eigenvalue weighted by Gasteiger charge is 2.09. The highest BCUT2D eigenvalue weighted by Crippen LogP contribution is 2.29. The van der Waals surface area contributed by atoms with Crippen LogP contribution in [0.25, 0.3) is 0 Å². The summed E-state index contributed by atoms with van der Waals surface area (Å²) in [5, 5.41) is 3.77. The van der Waals surface area contributed by atoms with Crippen LogP contribution in [0, 0.1) is 6.92 Å². The molecule has 0 bridgehead atoms. The summed E-state index contributed by atoms with van der Waals surface area (Å²) in [6.45, 7) is 2.05. The Hall–Kier alpha value is -2.31. The van der Waals surface area contributed by atoms with Gasteiger partial charge in [0, 0.05) is 4.90 Å². The van der Waals surface area contributed by atoms with Crippen LogP contribution in [0.2, 0.25) is 5.28 Å². The van der Waals surface area contributed by atoms with Gasteiger partial charge in [0.05, 0.1) is 12.8 Å². The van der Waals surface area contributed by atoms with Crippen LogP contribution in [0.15, 0.2) is 58.6 Å². The number of hydrogen-bond donors (Lipinski definition) is 1. The second-order valence-corrected chi connectivity index (χ2v) is 6.33. The summed E-state index contributed by atoms with van der Waals surface area (Å²) in [5.41, 5.74) is 1.96. The van der Waals surface area contributed by atoms with E-state index >= 15 is 0 Å². The average molecular weight is 359 g/mol. The predicted octanol–water partition coefficient (Wildman–Crippen LogP) is 4.74. The minimum atomic E-state index is 0.136. The number of nitrogens with one attached hydrogen (secondary N) is 1. The summed E-state index contributed by atoms with van der Waals surface area (Å²) < 4.78 is 5.31. The van der Waals surface area contributed by atoms with Crippen LogP contribution >= 0.6 is 23.4 Å². The monoisotopic (exact) mass is 358 g/mol. The Morgan fingerprint density at radius 1 is 1.00 bits per heavy atom. The molecule has 5 nitrogen and oxygen atoms in total. The van der Waals surface area contributed by atoms with E-state index in [-0.39, 0.29) is 5.28 Å². The zero-order chi connectivity index (χ0) is 16.9. The lowest BCUT2D eigenvalue weighted by Gasteiger charge is -2.10. The Morgan fingerprint density at radius 2 is 1.75 bits per heavy atom. The second kappa shape index (κ2) is 7.51. The predicted molar refractivity (Wildman–Crippen MR) is 96.4 cm³/mol. The molecule has 0 aliphatic heterocycles. The molecule has 0 amide bonds. The number of methoxy groups -OCH3 is 1. The topological polar surface area (TPSA) is 59.9 Å². The van der Waals surface area contributed by atoms with Gasteiger partial charge in [-0.15, -0.1) is 0 Å². The zero-order valence-corrected chi connectivity index (χ0v) is 14.7. The van der Waals surface area contributed by atoms with E-state index in [1.165, 1.54) is 17.3 Å². The Labute approximate surface area is 149 Å². The molecule has 0 fully saturated rings. The van der Waals surface area contributed by atoms with E-state index in [9.17, 15) is 0 Å². The first-order valence-corrected chi connectivity index (χ1v) is 8.39. The molecule has 24 heavy (non-hydrogen) atoms. The van der Waals surface area contributed by atoms with Gasteiger partial charge in [0.25, 0.3) is 0 Å². The normalized spacial score (nSPS) is 10.5. The maximum Gasteiger partial charge on any atom is 0.232 e. The first kappa shape index (κ1) is 16.5. The third-order valence-electron chi connectivity index (χ3n) is 3.17. The third kappa shape index (κ3) is 4.15. The number of nitrogens with zero attached hydrogens (tertiary/aromatic N) is 3. The van der Waals surface area contributed by atoms with E-state index in [1.54, 1.807) is 7.11 Å². The SMILES string of the molecule is COc1ccccc1Nc1nc(Cl)nc(Sc2ccc(C)cc2)n1. The number of rotatable bonds is 5. The van der Waals surface area contributed by atoms with E-state index in [4.69, 9.17) is 16.3 Å². The molecular formula is C17H15ClN4OS. The number of aromatic nitrogens is 3. The molecule has 3 aromatic rings. The highest BCUT2D eigenvalue weighted by atomic mass is 35.5. The molecule has 122 valence electrons. The summed E-state index contributed by atoms with van der Waals surface area (Å²) in [6, 6.07) is 15.6. The lowest BCUT2D eigenvalue weighted by Crippen LogP contribution is -2.02. The van der Waals surface area contributed by atoms with Crippen molar-refractivity contribution in [2.75, 3.05) is 12.4 Å². The van der Waals surface area contributed by atoms with E-state index in [1.807, 2.05) is 55.5 Å². The van der Waals surface area contributed by atoms with Gasteiger partial charge in [-0.25, -0.2) is 0 Å². The number of anilines is 2. The molecule has 7 heteroatoms. The van der Waals surface area contributed by atoms with Crippen molar-refractivity contribution < 1.29 is 4.74 Å². The van der Waals surface area contributed by atoms with Crippen LogP contribution < -0.4 is 10.1 Å². The van der Waals surface area contributed by atoms with Crippen molar-refractivity contribution in [3.8, 4) is 5.75 Å². The Morgan fingerprint density at radius 3 is 2.50 bits per heavy atom. The standard InChI is InChI=1S/C17H15ClN4OS/c1-11-7-9-12(10-8-11)24-17-21-15(18)20-16(22-17)19-13-5-3-4-6-14(13)23-2/h3-10H,1-2H3,(H,19,20,21,22). The van der Waals surface area contributed by atoms with Crippen molar-refractivity contribution in [1.29, 1.82) is 0 Å². The lowest BCUT2D eigenvalue weighted by molar-refractivity contribution is 0.417. The fourth-order valence-corrected chi connectivity index (χ4v) is 2.97. The molecule has 0 unspecified atom stereocenters. The van der Waals surface area contributed by atoms with Crippen LogP contribution in [0.1, 0.15) is 5.56 Å². The minimum absolute atomic E-state index is 0.136. The summed E-state index contributed by atoms with van der Waals surface area (Å²) in [4.78, 5) is 13.7. The average Bonchev–Trinajstić information content (AvgIpc) is 2.57. The van der Waals surface area contributed by atoms with Crippen molar-refractivity contribution >= 4 is 35.0 Å². The van der Waals surface area contributed by atoms with Gasteiger partial charge < -0.3 is 10.1 Å². The van der Waals surface area contributed by atoms with Crippen molar-refractivity contribution in [1.82, 2.24) is 15.0 Å². The van der Waals surface area contributed by atoms with Crippen LogP contribution in [0.3, 0.4) is 0 Å². The van der Waals surface area contributed by atoms with Gasteiger partial charge in [-0.2, -0.15) is 15.0 Å². The van der Waals surface area contributed by atoms with E-state index in [0.29, 0.717) is 16.9 Å². The molecule has 0 saturated carbocycles. The molecule has 3 rings (SSSR count). The summed E-state index contributed by atoms with van der Waals surface area (Å²) in [7, 11) is 1.61. The summed E-state index contributed by atoms with van der Waals surface area (Å²) in [6.07, 6.45) is 0. The smallest absolute Gasteiger partial charge is 0.232 e. The van der Waals surface area contributed by atoms with Gasteiger partial charge in [0.1, 0.15) is 5.75 Å². The molecule has 0 saturated heterocycles. The minimum Gasteiger partial charge on any atom is -0.495 e. The molecular weight excluding hydrogens is 344 g/mol. The van der Waals surface area contributed by atoms with E-state index < -0.39 is 0 Å². The molecule has 1 heterocycles.